The van der Waals surface area contributed by atoms with Crippen LogP contribution in [0.5, 0.6) is 0 Å². The van der Waals surface area contributed by atoms with E-state index in [4.69, 9.17) is 5.73 Å². The molecule has 4 N–H and O–H groups in total. The Hall–Kier alpha value is -1.39. The van der Waals surface area contributed by atoms with Crippen molar-refractivity contribution in [2.75, 3.05) is 6.54 Å². The number of hydrogen-bond acceptors (Lipinski definition) is 3. The highest BCUT2D eigenvalue weighted by molar-refractivity contribution is 5.81. The number of carbonyl (C=O) groups is 1. The van der Waals surface area contributed by atoms with Gasteiger partial charge in [-0.05, 0) is 24.3 Å². The van der Waals surface area contributed by atoms with Crippen LogP contribution in [0.1, 0.15) is 25.8 Å². The average Bonchev–Trinajstić information content (AvgIpc) is 2.42. The van der Waals surface area contributed by atoms with Crippen LogP contribution >= 0.6 is 0 Å². The van der Waals surface area contributed by atoms with Crippen molar-refractivity contribution in [3.63, 3.8) is 0 Å². The number of carbonyl (C=O) groups excluding carboxylic acids is 1. The van der Waals surface area contributed by atoms with Crippen LogP contribution in [-0.2, 0) is 11.2 Å². The third kappa shape index (κ3) is 5.85. The van der Waals surface area contributed by atoms with Gasteiger partial charge in [-0.1, -0.05) is 44.2 Å². The lowest BCUT2D eigenvalue weighted by atomic mass is 10.0. The average molecular weight is 264 g/mol. The van der Waals surface area contributed by atoms with E-state index < -0.39 is 12.1 Å². The SMILES string of the molecule is CC(C)C(O)CNC(=O)[C@@H](N)CCc1ccccc1. The van der Waals surface area contributed by atoms with E-state index in [0.29, 0.717) is 6.42 Å². The van der Waals surface area contributed by atoms with Crippen LogP contribution in [-0.4, -0.2) is 29.7 Å². The molecule has 2 atom stereocenters. The molecule has 0 aliphatic rings. The summed E-state index contributed by atoms with van der Waals surface area (Å²) in [6.07, 6.45) is 0.862. The summed E-state index contributed by atoms with van der Waals surface area (Å²) in [6, 6.07) is 9.42. The molecule has 1 amide bonds. The highest BCUT2D eigenvalue weighted by Crippen LogP contribution is 2.04. The van der Waals surface area contributed by atoms with E-state index in [9.17, 15) is 9.90 Å². The number of rotatable bonds is 7. The first-order valence-electron chi connectivity index (χ1n) is 6.76. The number of nitrogens with two attached hydrogens (primary N) is 1. The van der Waals surface area contributed by atoms with Crippen LogP contribution in [0.25, 0.3) is 0 Å². The first-order chi connectivity index (χ1) is 9.00. The summed E-state index contributed by atoms with van der Waals surface area (Å²) in [5, 5.41) is 12.3. The minimum atomic E-state index is -0.528. The lowest BCUT2D eigenvalue weighted by Crippen LogP contribution is -2.44. The Morgan fingerprint density at radius 2 is 1.95 bits per heavy atom. The molecule has 1 aromatic carbocycles. The van der Waals surface area contributed by atoms with Crippen molar-refractivity contribution in [1.29, 1.82) is 0 Å². The molecule has 4 nitrogen and oxygen atoms in total. The highest BCUT2D eigenvalue weighted by Gasteiger charge is 2.15. The quantitative estimate of drug-likeness (QED) is 0.690. The first kappa shape index (κ1) is 15.7. The van der Waals surface area contributed by atoms with Gasteiger partial charge in [0.05, 0.1) is 12.1 Å². The van der Waals surface area contributed by atoms with Gasteiger partial charge < -0.3 is 16.2 Å². The third-order valence-corrected chi connectivity index (χ3v) is 3.18. The number of hydrogen-bond donors (Lipinski definition) is 3. The summed E-state index contributed by atoms with van der Waals surface area (Å²) in [6.45, 7) is 4.08. The van der Waals surface area contributed by atoms with E-state index in [-0.39, 0.29) is 18.4 Å². The van der Waals surface area contributed by atoms with Gasteiger partial charge in [0.2, 0.25) is 5.91 Å². The maximum absolute atomic E-state index is 11.7. The van der Waals surface area contributed by atoms with Crippen molar-refractivity contribution in [1.82, 2.24) is 5.32 Å². The van der Waals surface area contributed by atoms with Crippen molar-refractivity contribution < 1.29 is 9.90 Å². The maximum Gasteiger partial charge on any atom is 0.237 e. The highest BCUT2D eigenvalue weighted by atomic mass is 16.3. The van der Waals surface area contributed by atoms with E-state index in [1.807, 2.05) is 44.2 Å². The second-order valence-corrected chi connectivity index (χ2v) is 5.19. The van der Waals surface area contributed by atoms with Gasteiger partial charge in [-0.15, -0.1) is 0 Å². The Morgan fingerprint density at radius 1 is 1.32 bits per heavy atom. The molecule has 0 radical (unpaired) electrons. The van der Waals surface area contributed by atoms with Gasteiger partial charge in [-0.25, -0.2) is 0 Å². The van der Waals surface area contributed by atoms with Crippen molar-refractivity contribution >= 4 is 5.91 Å². The van der Waals surface area contributed by atoms with E-state index in [2.05, 4.69) is 5.32 Å². The Labute approximate surface area is 115 Å². The van der Waals surface area contributed by atoms with E-state index in [0.717, 1.165) is 6.42 Å². The van der Waals surface area contributed by atoms with Gasteiger partial charge in [-0.2, -0.15) is 0 Å². The molecular formula is C15H24N2O2. The number of nitrogens with one attached hydrogen (secondary N) is 1. The van der Waals surface area contributed by atoms with Crippen LogP contribution < -0.4 is 11.1 Å². The molecule has 0 aliphatic carbocycles. The summed E-state index contributed by atoms with van der Waals surface area (Å²) in [7, 11) is 0. The van der Waals surface area contributed by atoms with Gasteiger partial charge >= 0.3 is 0 Å². The lowest BCUT2D eigenvalue weighted by Gasteiger charge is -2.17. The van der Waals surface area contributed by atoms with Crippen LogP contribution in [0, 0.1) is 5.92 Å². The van der Waals surface area contributed by atoms with Crippen molar-refractivity contribution in [3.05, 3.63) is 35.9 Å². The molecule has 0 fully saturated rings. The molecule has 0 aromatic heterocycles. The van der Waals surface area contributed by atoms with Crippen molar-refractivity contribution in [2.45, 2.75) is 38.8 Å². The molecule has 1 rings (SSSR count). The van der Waals surface area contributed by atoms with Crippen LogP contribution in [0.15, 0.2) is 30.3 Å². The van der Waals surface area contributed by atoms with Crippen molar-refractivity contribution in [3.8, 4) is 0 Å². The minimum Gasteiger partial charge on any atom is -0.391 e. The van der Waals surface area contributed by atoms with Gasteiger partial charge in [0, 0.05) is 6.54 Å². The molecule has 0 saturated carbocycles. The second kappa shape index (κ2) is 7.92. The topological polar surface area (TPSA) is 75.3 Å². The Balaban J connectivity index is 2.29. The monoisotopic (exact) mass is 264 g/mol. The fourth-order valence-corrected chi connectivity index (χ4v) is 1.67. The normalized spacial score (nSPS) is 14.2. The predicted octanol–water partition coefficient (Wildman–Crippen LogP) is 1.08. The largest absolute Gasteiger partial charge is 0.391 e. The molecule has 0 aliphatic heterocycles. The summed E-state index contributed by atoms with van der Waals surface area (Å²) < 4.78 is 0. The third-order valence-electron chi connectivity index (χ3n) is 3.18. The van der Waals surface area contributed by atoms with Crippen LogP contribution in [0.4, 0.5) is 0 Å². The van der Waals surface area contributed by atoms with Crippen LogP contribution in [0.3, 0.4) is 0 Å². The number of benzene rings is 1. The predicted molar refractivity (Wildman–Crippen MR) is 76.6 cm³/mol. The van der Waals surface area contributed by atoms with Gasteiger partial charge in [0.15, 0.2) is 0 Å². The Bertz CT molecular complexity index is 379. The fraction of sp³-hybridized carbons (Fsp3) is 0.533. The first-order valence-corrected chi connectivity index (χ1v) is 6.76. The zero-order valence-corrected chi connectivity index (χ0v) is 11.7. The number of aliphatic hydroxyl groups is 1. The van der Waals surface area contributed by atoms with Crippen LogP contribution in [0.2, 0.25) is 0 Å². The molecule has 1 unspecified atom stereocenters. The van der Waals surface area contributed by atoms with E-state index in [1.165, 1.54) is 5.56 Å². The summed E-state index contributed by atoms with van der Waals surface area (Å²) >= 11 is 0. The molecule has 19 heavy (non-hydrogen) atoms. The van der Waals surface area contributed by atoms with Crippen molar-refractivity contribution in [2.24, 2.45) is 11.7 Å². The Morgan fingerprint density at radius 3 is 2.53 bits per heavy atom. The number of aliphatic hydroxyl groups excluding tert-OH is 1. The summed E-state index contributed by atoms with van der Waals surface area (Å²) in [5.41, 5.74) is 7.01. The summed E-state index contributed by atoms with van der Waals surface area (Å²) in [5.74, 6) is -0.0727. The Kier molecular flexibility index (Phi) is 6.53. The lowest BCUT2D eigenvalue weighted by molar-refractivity contribution is -0.123. The van der Waals surface area contributed by atoms with Gasteiger partial charge in [0.1, 0.15) is 0 Å². The van der Waals surface area contributed by atoms with Gasteiger partial charge in [0.25, 0.3) is 0 Å². The number of amides is 1. The molecule has 0 heterocycles. The maximum atomic E-state index is 11.7. The fourth-order valence-electron chi connectivity index (χ4n) is 1.67. The zero-order valence-electron chi connectivity index (χ0n) is 11.7. The summed E-state index contributed by atoms with van der Waals surface area (Å²) in [4.78, 5) is 11.7. The smallest absolute Gasteiger partial charge is 0.237 e. The molecule has 0 bridgehead atoms. The molecular weight excluding hydrogens is 240 g/mol. The van der Waals surface area contributed by atoms with E-state index >= 15 is 0 Å². The molecule has 0 saturated heterocycles. The minimum absolute atomic E-state index is 0.126. The molecule has 1 aromatic rings. The molecule has 106 valence electrons. The number of aryl methyl sites for hydroxylation is 1. The standard InChI is InChI=1S/C15H24N2O2/c1-11(2)14(18)10-17-15(19)13(16)9-8-12-6-4-3-5-7-12/h3-7,11,13-14,18H,8-10,16H2,1-2H3,(H,17,19)/t13-,14?/m0/s1. The zero-order chi connectivity index (χ0) is 14.3. The van der Waals surface area contributed by atoms with E-state index in [1.54, 1.807) is 0 Å². The molecule has 4 heteroatoms. The van der Waals surface area contributed by atoms with Gasteiger partial charge in [-0.3, -0.25) is 4.79 Å². The second-order valence-electron chi connectivity index (χ2n) is 5.19. The molecule has 0 spiro atoms.